The van der Waals surface area contributed by atoms with Gasteiger partial charge in [-0.15, -0.1) is 0 Å². The van der Waals surface area contributed by atoms with Crippen molar-refractivity contribution in [1.82, 2.24) is 0 Å². The maximum absolute atomic E-state index is 11.3. The summed E-state index contributed by atoms with van der Waals surface area (Å²) in [4.78, 5) is 11.3. The van der Waals surface area contributed by atoms with Gasteiger partial charge in [0.1, 0.15) is 0 Å². The van der Waals surface area contributed by atoms with E-state index in [1.807, 2.05) is 6.92 Å². The zero-order chi connectivity index (χ0) is 13.6. The fourth-order valence-electron chi connectivity index (χ4n) is 2.21. The van der Waals surface area contributed by atoms with Crippen molar-refractivity contribution >= 4 is 14.3 Å². The molecule has 1 rings (SSSR count). The number of carbonyl (C=O) groups is 1. The third-order valence-corrected chi connectivity index (χ3v) is 3.76. The van der Waals surface area contributed by atoms with Gasteiger partial charge in [0, 0.05) is 12.8 Å². The highest BCUT2D eigenvalue weighted by molar-refractivity contribution is 6.70. The molecule has 0 amide bonds. The monoisotopic (exact) mass is 270 g/mol. The summed E-state index contributed by atoms with van der Waals surface area (Å²) in [7, 11) is -1.49. The summed E-state index contributed by atoms with van der Waals surface area (Å²) in [6, 6.07) is 0. The molecule has 1 unspecified atom stereocenters. The summed E-state index contributed by atoms with van der Waals surface area (Å²) in [6.07, 6.45) is 7.04. The zero-order valence-electron chi connectivity index (χ0n) is 12.1. The molecule has 4 heteroatoms. The molecule has 0 saturated heterocycles. The molecule has 0 heterocycles. The normalized spacial score (nSPS) is 20.2. The fourth-order valence-corrected chi connectivity index (χ4v) is 3.17. The first-order valence-electron chi connectivity index (χ1n) is 6.96. The van der Waals surface area contributed by atoms with Crippen LogP contribution in [0, 0.1) is 5.92 Å². The minimum Gasteiger partial charge on any atom is -0.548 e. The Hall–Kier alpha value is -0.773. The van der Waals surface area contributed by atoms with Crippen LogP contribution in [-0.2, 0) is 14.0 Å². The summed E-state index contributed by atoms with van der Waals surface area (Å²) >= 11 is 0. The Morgan fingerprint density at radius 3 is 2.78 bits per heavy atom. The van der Waals surface area contributed by atoms with Crippen LogP contribution in [0.5, 0.6) is 0 Å². The Balaban J connectivity index is 2.42. The van der Waals surface area contributed by atoms with Crippen LogP contribution >= 0.6 is 0 Å². The van der Waals surface area contributed by atoms with E-state index in [0.717, 1.165) is 25.0 Å². The number of ether oxygens (including phenoxy) is 1. The second kappa shape index (κ2) is 6.97. The predicted molar refractivity (Wildman–Crippen MR) is 75.7 cm³/mol. The highest BCUT2D eigenvalue weighted by Crippen LogP contribution is 2.28. The number of carbonyl (C=O) groups excluding carboxylic acids is 1. The summed E-state index contributed by atoms with van der Waals surface area (Å²) in [6.45, 7) is 8.93. The van der Waals surface area contributed by atoms with Gasteiger partial charge in [-0.05, 0) is 57.8 Å². The Morgan fingerprint density at radius 2 is 2.17 bits per heavy atom. The van der Waals surface area contributed by atoms with Crippen LogP contribution in [0.15, 0.2) is 11.8 Å². The van der Waals surface area contributed by atoms with Crippen LogP contribution in [0.4, 0.5) is 0 Å². The van der Waals surface area contributed by atoms with Crippen molar-refractivity contribution in [3.05, 3.63) is 11.8 Å². The lowest BCUT2D eigenvalue weighted by atomic mass is 9.91. The molecule has 0 radical (unpaired) electrons. The summed E-state index contributed by atoms with van der Waals surface area (Å²) < 4.78 is 11.0. The molecule has 18 heavy (non-hydrogen) atoms. The van der Waals surface area contributed by atoms with Gasteiger partial charge in [0.15, 0.2) is 0 Å². The van der Waals surface area contributed by atoms with E-state index in [4.69, 9.17) is 9.16 Å². The van der Waals surface area contributed by atoms with Crippen LogP contribution in [0.1, 0.15) is 39.0 Å². The van der Waals surface area contributed by atoms with Gasteiger partial charge in [-0.3, -0.25) is 4.79 Å². The minimum atomic E-state index is -1.49. The molecule has 0 bridgehead atoms. The van der Waals surface area contributed by atoms with Crippen molar-refractivity contribution in [2.24, 2.45) is 5.92 Å². The van der Waals surface area contributed by atoms with E-state index in [1.165, 1.54) is 6.42 Å². The van der Waals surface area contributed by atoms with Crippen molar-refractivity contribution in [3.8, 4) is 0 Å². The van der Waals surface area contributed by atoms with Crippen LogP contribution in [0.2, 0.25) is 19.6 Å². The molecular weight excluding hydrogens is 244 g/mol. The van der Waals surface area contributed by atoms with Gasteiger partial charge in [0.05, 0.1) is 12.4 Å². The third-order valence-electron chi connectivity index (χ3n) is 2.88. The van der Waals surface area contributed by atoms with Gasteiger partial charge in [-0.25, -0.2) is 0 Å². The largest absolute Gasteiger partial charge is 0.548 e. The molecule has 0 aromatic rings. The smallest absolute Gasteiger partial charge is 0.305 e. The van der Waals surface area contributed by atoms with Crippen molar-refractivity contribution in [2.45, 2.75) is 58.7 Å². The zero-order valence-corrected chi connectivity index (χ0v) is 13.1. The van der Waals surface area contributed by atoms with E-state index >= 15 is 0 Å². The van der Waals surface area contributed by atoms with E-state index in [0.29, 0.717) is 18.9 Å². The summed E-state index contributed by atoms with van der Waals surface area (Å²) in [5.41, 5.74) is 0. The van der Waals surface area contributed by atoms with Gasteiger partial charge in [-0.1, -0.05) is 0 Å². The Labute approximate surface area is 112 Å². The van der Waals surface area contributed by atoms with Crippen molar-refractivity contribution < 1.29 is 14.0 Å². The molecule has 0 saturated carbocycles. The van der Waals surface area contributed by atoms with Crippen molar-refractivity contribution in [3.63, 3.8) is 0 Å². The second-order valence-electron chi connectivity index (χ2n) is 5.84. The standard InChI is InChI=1S/C14H26O3Si/c1-5-16-14(15)10-9-12-7-6-8-13(11-12)17-18(2,3)4/h11-12H,5-10H2,1-4H3. The minimum absolute atomic E-state index is 0.0795. The highest BCUT2D eigenvalue weighted by atomic mass is 28.4. The Morgan fingerprint density at radius 1 is 1.44 bits per heavy atom. The molecule has 1 aliphatic carbocycles. The number of hydrogen-bond acceptors (Lipinski definition) is 3. The van der Waals surface area contributed by atoms with Crippen molar-refractivity contribution in [2.75, 3.05) is 6.61 Å². The number of rotatable bonds is 6. The quantitative estimate of drug-likeness (QED) is 0.543. The first-order valence-corrected chi connectivity index (χ1v) is 10.4. The fraction of sp³-hybridized carbons (Fsp3) is 0.786. The van der Waals surface area contributed by atoms with Crippen LogP contribution in [0.25, 0.3) is 0 Å². The topological polar surface area (TPSA) is 35.5 Å². The second-order valence-corrected chi connectivity index (χ2v) is 10.3. The molecule has 1 aliphatic rings. The maximum Gasteiger partial charge on any atom is 0.305 e. The predicted octanol–water partition coefficient (Wildman–Crippen LogP) is 3.87. The average Bonchev–Trinajstić information content (AvgIpc) is 2.25. The van der Waals surface area contributed by atoms with E-state index in [2.05, 4.69) is 25.7 Å². The van der Waals surface area contributed by atoms with E-state index in [1.54, 1.807) is 0 Å². The number of allylic oxidation sites excluding steroid dienone is 2. The van der Waals surface area contributed by atoms with Gasteiger partial charge in [0.25, 0.3) is 0 Å². The summed E-state index contributed by atoms with van der Waals surface area (Å²) in [5, 5.41) is 0. The first kappa shape index (κ1) is 15.3. The van der Waals surface area contributed by atoms with Crippen molar-refractivity contribution in [1.29, 1.82) is 0 Å². The lowest BCUT2D eigenvalue weighted by molar-refractivity contribution is -0.143. The lowest BCUT2D eigenvalue weighted by Gasteiger charge is -2.27. The molecule has 3 nitrogen and oxygen atoms in total. The molecule has 0 N–H and O–H groups in total. The molecule has 104 valence electrons. The van der Waals surface area contributed by atoms with Gasteiger partial charge in [-0.2, -0.15) is 0 Å². The average molecular weight is 270 g/mol. The first-order chi connectivity index (χ1) is 8.40. The van der Waals surface area contributed by atoms with Crippen LogP contribution in [0.3, 0.4) is 0 Å². The molecule has 0 aromatic carbocycles. The molecule has 0 spiro atoms. The highest BCUT2D eigenvalue weighted by Gasteiger charge is 2.21. The molecule has 0 aromatic heterocycles. The maximum atomic E-state index is 11.3. The van der Waals surface area contributed by atoms with E-state index < -0.39 is 8.32 Å². The van der Waals surface area contributed by atoms with E-state index in [9.17, 15) is 4.79 Å². The van der Waals surface area contributed by atoms with Gasteiger partial charge < -0.3 is 9.16 Å². The number of esters is 1. The number of hydrogen-bond donors (Lipinski definition) is 0. The molecular formula is C14H26O3Si. The van der Waals surface area contributed by atoms with Gasteiger partial charge >= 0.3 is 5.97 Å². The molecule has 0 aliphatic heterocycles. The van der Waals surface area contributed by atoms with Crippen LogP contribution in [-0.4, -0.2) is 20.9 Å². The molecule has 1 atom stereocenters. The van der Waals surface area contributed by atoms with Gasteiger partial charge in [0.2, 0.25) is 8.32 Å². The van der Waals surface area contributed by atoms with Crippen LogP contribution < -0.4 is 0 Å². The van der Waals surface area contributed by atoms with E-state index in [-0.39, 0.29) is 5.97 Å². The SMILES string of the molecule is CCOC(=O)CCC1C=C(O[Si](C)(C)C)CCC1. The summed E-state index contributed by atoms with van der Waals surface area (Å²) in [5.74, 6) is 1.55. The Bertz CT molecular complexity index is 305. The molecule has 0 fully saturated rings. The lowest BCUT2D eigenvalue weighted by Crippen LogP contribution is -2.26. The third kappa shape index (κ3) is 6.24. The Kier molecular flexibility index (Phi) is 5.92.